The van der Waals surface area contributed by atoms with Gasteiger partial charge < -0.3 is 9.84 Å². The Kier molecular flexibility index (Phi) is 7.45. The minimum atomic E-state index is -0.427. The maximum Gasteiger partial charge on any atom is 0.165 e. The van der Waals surface area contributed by atoms with Gasteiger partial charge in [0.15, 0.2) is 17.9 Å². The Morgan fingerprint density at radius 1 is 1.00 bits per heavy atom. The third-order valence-electron chi connectivity index (χ3n) is 4.18. The minimum absolute atomic E-state index is 0.0851. The maximum atomic E-state index is 14.2. The second-order valence-corrected chi connectivity index (χ2v) is 6.15. The summed E-state index contributed by atoms with van der Waals surface area (Å²) in [5, 5.41) is 9.54. The SMILES string of the molecule is CCCCCCCCOc1ccc(-c2ccc(O)c(C=O)c2)cc1F. The number of phenolic OH excluding ortho intramolecular Hbond substituents is 1. The highest BCUT2D eigenvalue weighted by Crippen LogP contribution is 2.28. The molecule has 1 N–H and O–H groups in total. The normalized spacial score (nSPS) is 10.6. The molecule has 0 unspecified atom stereocenters. The first-order valence-electron chi connectivity index (χ1n) is 8.86. The number of unbranched alkanes of at least 4 members (excludes halogenated alkanes) is 5. The molecule has 0 bridgehead atoms. The molecule has 0 aliphatic rings. The van der Waals surface area contributed by atoms with E-state index in [0.29, 0.717) is 24.0 Å². The standard InChI is InChI=1S/C21H25FO3/c1-2-3-4-5-6-7-12-25-21-11-9-17(14-19(21)22)16-8-10-20(24)18(13-16)15-23/h8-11,13-15,24H,2-7,12H2,1H3. The number of hydrogen-bond acceptors (Lipinski definition) is 3. The van der Waals surface area contributed by atoms with E-state index in [9.17, 15) is 14.3 Å². The minimum Gasteiger partial charge on any atom is -0.507 e. The maximum absolute atomic E-state index is 14.2. The number of ether oxygens (including phenoxy) is 1. The fourth-order valence-electron chi connectivity index (χ4n) is 2.69. The van der Waals surface area contributed by atoms with E-state index in [4.69, 9.17) is 4.74 Å². The summed E-state index contributed by atoms with van der Waals surface area (Å²) in [6.07, 6.45) is 7.53. The summed E-state index contributed by atoms with van der Waals surface area (Å²) < 4.78 is 19.8. The third kappa shape index (κ3) is 5.59. The first-order valence-corrected chi connectivity index (χ1v) is 8.86. The molecule has 0 aliphatic heterocycles. The Balaban J connectivity index is 1.93. The molecule has 2 rings (SSSR count). The van der Waals surface area contributed by atoms with Crippen molar-refractivity contribution >= 4 is 6.29 Å². The van der Waals surface area contributed by atoms with E-state index in [-0.39, 0.29) is 17.1 Å². The average molecular weight is 344 g/mol. The Hall–Kier alpha value is -2.36. The van der Waals surface area contributed by atoms with Crippen molar-refractivity contribution in [2.24, 2.45) is 0 Å². The zero-order chi connectivity index (χ0) is 18.1. The van der Waals surface area contributed by atoms with Crippen molar-refractivity contribution in [3.05, 3.63) is 47.8 Å². The van der Waals surface area contributed by atoms with E-state index >= 15 is 0 Å². The van der Waals surface area contributed by atoms with Crippen molar-refractivity contribution in [2.45, 2.75) is 45.4 Å². The largest absolute Gasteiger partial charge is 0.507 e. The Bertz CT molecular complexity index is 698. The molecule has 25 heavy (non-hydrogen) atoms. The lowest BCUT2D eigenvalue weighted by Gasteiger charge is -2.09. The van der Waals surface area contributed by atoms with E-state index in [2.05, 4.69) is 6.92 Å². The molecule has 0 amide bonds. The van der Waals surface area contributed by atoms with Crippen LogP contribution in [0.5, 0.6) is 11.5 Å². The van der Waals surface area contributed by atoms with Crippen LogP contribution < -0.4 is 4.74 Å². The summed E-state index contributed by atoms with van der Waals surface area (Å²) >= 11 is 0. The Morgan fingerprint density at radius 2 is 1.68 bits per heavy atom. The van der Waals surface area contributed by atoms with Gasteiger partial charge in [-0.3, -0.25) is 4.79 Å². The molecule has 3 nitrogen and oxygen atoms in total. The molecule has 0 spiro atoms. The smallest absolute Gasteiger partial charge is 0.165 e. The van der Waals surface area contributed by atoms with Crippen LogP contribution in [0.2, 0.25) is 0 Å². The fourth-order valence-corrected chi connectivity index (χ4v) is 2.69. The number of phenols is 1. The summed E-state index contributed by atoms with van der Waals surface area (Å²) in [6.45, 7) is 2.70. The highest BCUT2D eigenvalue weighted by molar-refractivity contribution is 5.82. The molecule has 0 aromatic heterocycles. The lowest BCUT2D eigenvalue weighted by molar-refractivity contribution is 0.112. The van der Waals surface area contributed by atoms with Crippen LogP contribution in [-0.2, 0) is 0 Å². The van der Waals surface area contributed by atoms with Gasteiger partial charge in [-0.2, -0.15) is 0 Å². The van der Waals surface area contributed by atoms with Gasteiger partial charge in [0.05, 0.1) is 12.2 Å². The molecule has 4 heteroatoms. The molecule has 134 valence electrons. The number of hydrogen-bond donors (Lipinski definition) is 1. The summed E-state index contributed by atoms with van der Waals surface area (Å²) in [6, 6.07) is 9.36. The second kappa shape index (κ2) is 9.82. The predicted molar refractivity (Wildman–Crippen MR) is 97.8 cm³/mol. The van der Waals surface area contributed by atoms with Crippen LogP contribution in [0.15, 0.2) is 36.4 Å². The van der Waals surface area contributed by atoms with Gasteiger partial charge in [0.2, 0.25) is 0 Å². The van der Waals surface area contributed by atoms with Crippen LogP contribution in [0.1, 0.15) is 55.8 Å². The molecule has 0 saturated heterocycles. The number of rotatable bonds is 10. The molecule has 0 heterocycles. The van der Waals surface area contributed by atoms with Crippen LogP contribution in [0, 0.1) is 5.82 Å². The number of halogens is 1. The lowest BCUT2D eigenvalue weighted by Crippen LogP contribution is -1.99. The second-order valence-electron chi connectivity index (χ2n) is 6.15. The molecular weight excluding hydrogens is 319 g/mol. The molecular formula is C21H25FO3. The van der Waals surface area contributed by atoms with Crippen LogP contribution in [0.4, 0.5) is 4.39 Å². The zero-order valence-corrected chi connectivity index (χ0v) is 14.6. The highest BCUT2D eigenvalue weighted by atomic mass is 19.1. The first-order chi connectivity index (χ1) is 12.2. The van der Waals surface area contributed by atoms with Crippen molar-refractivity contribution in [3.63, 3.8) is 0 Å². The van der Waals surface area contributed by atoms with Crippen LogP contribution in [-0.4, -0.2) is 18.0 Å². The molecule has 0 atom stereocenters. The van der Waals surface area contributed by atoms with E-state index < -0.39 is 5.82 Å². The van der Waals surface area contributed by atoms with Gasteiger partial charge in [0, 0.05) is 0 Å². The average Bonchev–Trinajstić information content (AvgIpc) is 2.62. The zero-order valence-electron chi connectivity index (χ0n) is 14.6. The van der Waals surface area contributed by atoms with Crippen molar-refractivity contribution < 1.29 is 19.0 Å². The molecule has 0 radical (unpaired) electrons. The van der Waals surface area contributed by atoms with Crippen molar-refractivity contribution in [1.29, 1.82) is 0 Å². The van der Waals surface area contributed by atoms with Gasteiger partial charge in [-0.05, 0) is 41.8 Å². The summed E-state index contributed by atoms with van der Waals surface area (Å²) in [7, 11) is 0. The fraction of sp³-hybridized carbons (Fsp3) is 0.381. The van der Waals surface area contributed by atoms with Gasteiger partial charge in [0.1, 0.15) is 5.75 Å². The van der Waals surface area contributed by atoms with Gasteiger partial charge in [0.25, 0.3) is 0 Å². The number of benzene rings is 2. The number of aldehydes is 1. The Morgan fingerprint density at radius 3 is 2.40 bits per heavy atom. The number of aromatic hydroxyl groups is 1. The van der Waals surface area contributed by atoms with Gasteiger partial charge in [-0.25, -0.2) is 4.39 Å². The highest BCUT2D eigenvalue weighted by Gasteiger charge is 2.08. The quantitative estimate of drug-likeness (QED) is 0.441. The summed E-state index contributed by atoms with van der Waals surface area (Å²) in [4.78, 5) is 10.9. The predicted octanol–water partition coefficient (Wildman–Crippen LogP) is 5.75. The molecule has 0 aliphatic carbocycles. The number of carbonyl (C=O) groups excluding carboxylic acids is 1. The van der Waals surface area contributed by atoms with Gasteiger partial charge in [-0.1, -0.05) is 51.2 Å². The molecule has 2 aromatic carbocycles. The summed E-state index contributed by atoms with van der Waals surface area (Å²) in [5.74, 6) is -0.269. The molecule has 0 saturated carbocycles. The van der Waals surface area contributed by atoms with E-state index in [1.165, 1.54) is 43.9 Å². The van der Waals surface area contributed by atoms with Crippen LogP contribution in [0.3, 0.4) is 0 Å². The van der Waals surface area contributed by atoms with E-state index in [0.717, 1.165) is 12.8 Å². The van der Waals surface area contributed by atoms with E-state index in [1.807, 2.05) is 0 Å². The van der Waals surface area contributed by atoms with Crippen molar-refractivity contribution in [3.8, 4) is 22.6 Å². The monoisotopic (exact) mass is 344 g/mol. The Labute approximate surface area is 148 Å². The third-order valence-corrected chi connectivity index (χ3v) is 4.18. The van der Waals surface area contributed by atoms with Crippen LogP contribution in [0.25, 0.3) is 11.1 Å². The van der Waals surface area contributed by atoms with Gasteiger partial charge in [-0.15, -0.1) is 0 Å². The van der Waals surface area contributed by atoms with E-state index in [1.54, 1.807) is 18.2 Å². The lowest BCUT2D eigenvalue weighted by atomic mass is 10.0. The topological polar surface area (TPSA) is 46.5 Å². The summed E-state index contributed by atoms with van der Waals surface area (Å²) in [5.41, 5.74) is 1.48. The molecule has 2 aromatic rings. The number of carbonyl (C=O) groups is 1. The first kappa shape index (κ1) is 19.0. The molecule has 0 fully saturated rings. The van der Waals surface area contributed by atoms with Crippen LogP contribution >= 0.6 is 0 Å². The van der Waals surface area contributed by atoms with Gasteiger partial charge >= 0.3 is 0 Å². The van der Waals surface area contributed by atoms with Crippen molar-refractivity contribution in [2.75, 3.05) is 6.61 Å². The van der Waals surface area contributed by atoms with Crippen molar-refractivity contribution in [1.82, 2.24) is 0 Å².